The molecule has 9 heteroatoms. The highest BCUT2D eigenvalue weighted by Crippen LogP contribution is 2.31. The minimum Gasteiger partial charge on any atom is -0.339 e. The smallest absolute Gasteiger partial charge is 0.277 e. The van der Waals surface area contributed by atoms with E-state index in [9.17, 15) is 9.59 Å². The first-order chi connectivity index (χ1) is 20.8. The zero-order valence-electron chi connectivity index (χ0n) is 26.0. The standard InChI is InChI=1S/C34H44N6O2S/c1-23(2)13-20-38(21-14-24(3)4)32(41)25-11-12-27-28(22-25)39(19-9-18-37-16-6-5-7-17-37)34-36-29-26-10-8-15-35-31(26)43-30(29)33(42)40(27)34/h8,10-12,15,22-24H,5-7,9,13-14,16-21H2,1-4H3. The first-order valence-electron chi connectivity index (χ1n) is 16.1. The maximum Gasteiger partial charge on any atom is 0.277 e. The van der Waals surface area contributed by atoms with Gasteiger partial charge in [-0.3, -0.25) is 9.59 Å². The van der Waals surface area contributed by atoms with Crippen molar-refractivity contribution in [1.29, 1.82) is 0 Å². The van der Waals surface area contributed by atoms with Gasteiger partial charge in [0.05, 0.1) is 11.0 Å². The number of hydrogen-bond acceptors (Lipinski definition) is 6. The van der Waals surface area contributed by atoms with Crippen LogP contribution in [0.3, 0.4) is 0 Å². The molecule has 0 aliphatic carbocycles. The predicted octanol–water partition coefficient (Wildman–Crippen LogP) is 6.82. The first kappa shape index (κ1) is 29.8. The van der Waals surface area contributed by atoms with E-state index in [1.54, 1.807) is 10.6 Å². The van der Waals surface area contributed by atoms with E-state index < -0.39 is 0 Å². The van der Waals surface area contributed by atoms with Crippen LogP contribution in [-0.4, -0.2) is 67.4 Å². The number of imidazole rings is 1. The number of carbonyl (C=O) groups is 1. The lowest BCUT2D eigenvalue weighted by molar-refractivity contribution is 0.0741. The maximum absolute atomic E-state index is 14.0. The number of piperidine rings is 1. The summed E-state index contributed by atoms with van der Waals surface area (Å²) in [6, 6.07) is 9.73. The van der Waals surface area contributed by atoms with E-state index >= 15 is 0 Å². The molecular weight excluding hydrogens is 556 g/mol. The molecule has 1 saturated heterocycles. The van der Waals surface area contributed by atoms with Crippen molar-refractivity contribution in [3.63, 3.8) is 0 Å². The number of aryl methyl sites for hydroxylation is 1. The van der Waals surface area contributed by atoms with Gasteiger partial charge in [0.25, 0.3) is 11.5 Å². The number of thiophene rings is 1. The number of carbonyl (C=O) groups excluding carboxylic acids is 1. The van der Waals surface area contributed by atoms with Crippen molar-refractivity contribution in [3.8, 4) is 0 Å². The predicted molar refractivity (Wildman–Crippen MR) is 177 cm³/mol. The van der Waals surface area contributed by atoms with Gasteiger partial charge in [-0.25, -0.2) is 14.4 Å². The number of likely N-dealkylation sites (tertiary alicyclic amines) is 1. The highest BCUT2D eigenvalue weighted by molar-refractivity contribution is 7.25. The van der Waals surface area contributed by atoms with Gasteiger partial charge in [-0.05, 0) is 93.9 Å². The Labute approximate surface area is 257 Å². The number of amides is 1. The number of benzene rings is 1. The Morgan fingerprint density at radius 3 is 2.44 bits per heavy atom. The molecule has 1 aromatic carbocycles. The largest absolute Gasteiger partial charge is 0.339 e. The lowest BCUT2D eigenvalue weighted by atomic mass is 10.1. The number of rotatable bonds is 11. The summed E-state index contributed by atoms with van der Waals surface area (Å²) in [5.74, 6) is 1.75. The Balaban J connectivity index is 1.45. The van der Waals surface area contributed by atoms with Gasteiger partial charge < -0.3 is 14.4 Å². The summed E-state index contributed by atoms with van der Waals surface area (Å²) in [4.78, 5) is 43.0. The fourth-order valence-corrected chi connectivity index (χ4v) is 7.28. The monoisotopic (exact) mass is 600 g/mol. The van der Waals surface area contributed by atoms with Crippen molar-refractivity contribution in [2.24, 2.45) is 11.8 Å². The topological polar surface area (TPSA) is 75.7 Å². The molecule has 1 fully saturated rings. The maximum atomic E-state index is 14.0. The Morgan fingerprint density at radius 2 is 1.72 bits per heavy atom. The zero-order valence-corrected chi connectivity index (χ0v) is 26.8. The van der Waals surface area contributed by atoms with E-state index in [0.29, 0.717) is 33.4 Å². The Bertz CT molecular complexity index is 1800. The fourth-order valence-electron chi connectivity index (χ4n) is 6.27. The van der Waals surface area contributed by atoms with Crippen LogP contribution in [-0.2, 0) is 6.54 Å². The van der Waals surface area contributed by atoms with Crippen molar-refractivity contribution in [3.05, 3.63) is 52.4 Å². The van der Waals surface area contributed by atoms with E-state index in [-0.39, 0.29) is 11.5 Å². The molecule has 0 atom stereocenters. The summed E-state index contributed by atoms with van der Waals surface area (Å²) in [5, 5.41) is 0.911. The first-order valence-corrected chi connectivity index (χ1v) is 16.9. The second-order valence-corrected chi connectivity index (χ2v) is 14.0. The van der Waals surface area contributed by atoms with Gasteiger partial charge in [-0.1, -0.05) is 34.1 Å². The van der Waals surface area contributed by atoms with Gasteiger partial charge in [0.1, 0.15) is 15.0 Å². The summed E-state index contributed by atoms with van der Waals surface area (Å²) in [6.45, 7) is 14.4. The highest BCUT2D eigenvalue weighted by Gasteiger charge is 2.23. The van der Waals surface area contributed by atoms with Crippen LogP contribution in [0.4, 0.5) is 0 Å². The lowest BCUT2D eigenvalue weighted by Gasteiger charge is -2.26. The molecule has 5 heterocycles. The molecule has 1 aliphatic rings. The van der Waals surface area contributed by atoms with Crippen LogP contribution in [0.2, 0.25) is 0 Å². The molecule has 0 N–H and O–H groups in total. The van der Waals surface area contributed by atoms with Crippen LogP contribution in [0, 0.1) is 11.8 Å². The molecule has 5 aromatic rings. The van der Waals surface area contributed by atoms with Crippen LogP contribution in [0.25, 0.3) is 37.2 Å². The molecule has 1 amide bonds. The normalized spacial score (nSPS) is 14.7. The van der Waals surface area contributed by atoms with Gasteiger partial charge in [0, 0.05) is 36.8 Å². The van der Waals surface area contributed by atoms with Crippen molar-refractivity contribution in [2.75, 3.05) is 32.7 Å². The molecule has 0 bridgehead atoms. The summed E-state index contributed by atoms with van der Waals surface area (Å²) in [5.41, 5.74) is 3.00. The second-order valence-electron chi connectivity index (χ2n) is 13.0. The van der Waals surface area contributed by atoms with Crippen LogP contribution in [0.15, 0.2) is 41.3 Å². The number of aromatic nitrogens is 4. The average molecular weight is 601 g/mol. The van der Waals surface area contributed by atoms with Crippen LogP contribution in [0.1, 0.15) is 76.6 Å². The number of hydrogen-bond donors (Lipinski definition) is 0. The van der Waals surface area contributed by atoms with E-state index in [0.717, 1.165) is 79.8 Å². The minimum atomic E-state index is -0.0719. The van der Waals surface area contributed by atoms with E-state index in [1.165, 1.54) is 30.6 Å². The van der Waals surface area contributed by atoms with Gasteiger partial charge in [0.15, 0.2) is 0 Å². The van der Waals surface area contributed by atoms with Crippen molar-refractivity contribution in [2.45, 2.75) is 72.8 Å². The molecule has 4 aromatic heterocycles. The van der Waals surface area contributed by atoms with Crippen molar-refractivity contribution < 1.29 is 4.79 Å². The zero-order chi connectivity index (χ0) is 30.1. The van der Waals surface area contributed by atoms with Crippen molar-refractivity contribution in [1.82, 2.24) is 28.7 Å². The molecule has 0 spiro atoms. The van der Waals surface area contributed by atoms with E-state index in [1.807, 2.05) is 35.2 Å². The van der Waals surface area contributed by atoms with E-state index in [4.69, 9.17) is 4.98 Å². The summed E-state index contributed by atoms with van der Waals surface area (Å²) in [7, 11) is 0. The third-order valence-electron chi connectivity index (χ3n) is 8.79. The number of nitrogens with zero attached hydrogens (tertiary/aromatic N) is 6. The average Bonchev–Trinajstić information content (AvgIpc) is 3.53. The molecular formula is C34H44N6O2S. The fraction of sp³-hybridized carbons (Fsp3) is 0.529. The lowest BCUT2D eigenvalue weighted by Crippen LogP contribution is -2.34. The quantitative estimate of drug-likeness (QED) is 0.166. The molecule has 1 aliphatic heterocycles. The molecule has 0 radical (unpaired) electrons. The Morgan fingerprint density at radius 1 is 0.977 bits per heavy atom. The Kier molecular flexibility index (Phi) is 8.82. The molecule has 0 unspecified atom stereocenters. The molecule has 6 rings (SSSR count). The van der Waals surface area contributed by atoms with Gasteiger partial charge >= 0.3 is 0 Å². The van der Waals surface area contributed by atoms with Crippen molar-refractivity contribution >= 4 is 54.5 Å². The third kappa shape index (κ3) is 6.07. The molecule has 228 valence electrons. The summed E-state index contributed by atoms with van der Waals surface area (Å²) >= 11 is 1.40. The number of fused-ring (bicyclic) bond motifs is 6. The summed E-state index contributed by atoms with van der Waals surface area (Å²) in [6.07, 6.45) is 8.50. The highest BCUT2D eigenvalue weighted by atomic mass is 32.1. The van der Waals surface area contributed by atoms with Crippen LogP contribution in [0.5, 0.6) is 0 Å². The Hall–Kier alpha value is -3.30. The minimum absolute atomic E-state index is 0.0617. The number of pyridine rings is 1. The molecule has 43 heavy (non-hydrogen) atoms. The summed E-state index contributed by atoms with van der Waals surface area (Å²) < 4.78 is 4.54. The molecule has 0 saturated carbocycles. The third-order valence-corrected chi connectivity index (χ3v) is 9.88. The van der Waals surface area contributed by atoms with Gasteiger partial charge in [-0.2, -0.15) is 0 Å². The van der Waals surface area contributed by atoms with Gasteiger partial charge in [-0.15, -0.1) is 11.3 Å². The van der Waals surface area contributed by atoms with Crippen LogP contribution >= 0.6 is 11.3 Å². The van der Waals surface area contributed by atoms with Crippen LogP contribution < -0.4 is 5.56 Å². The second kappa shape index (κ2) is 12.7. The van der Waals surface area contributed by atoms with E-state index in [2.05, 4.69) is 42.1 Å². The molecule has 8 nitrogen and oxygen atoms in total. The van der Waals surface area contributed by atoms with Gasteiger partial charge in [0.2, 0.25) is 5.78 Å². The SMILES string of the molecule is CC(C)CCN(CCC(C)C)C(=O)c1ccc2c(c1)n(CCCN1CCCCC1)c1nc3c(sc4ncccc43)c(=O)n21.